The Balaban J connectivity index is 1.42. The van der Waals surface area contributed by atoms with Crippen molar-refractivity contribution < 1.29 is 22.5 Å². The number of nitrogens with zero attached hydrogens (tertiary/aromatic N) is 3. The van der Waals surface area contributed by atoms with Gasteiger partial charge < -0.3 is 4.90 Å². The third-order valence-electron chi connectivity index (χ3n) is 5.64. The molecule has 2 aromatic rings. The predicted molar refractivity (Wildman–Crippen MR) is 106 cm³/mol. The molecule has 1 aliphatic heterocycles. The third-order valence-corrected chi connectivity index (χ3v) is 7.59. The molecule has 2 aromatic carbocycles. The largest absolute Gasteiger partial charge is 0.340 e. The van der Waals surface area contributed by atoms with E-state index in [2.05, 4.69) is 0 Å². The van der Waals surface area contributed by atoms with Gasteiger partial charge in [-0.2, -0.15) is 4.31 Å². The van der Waals surface area contributed by atoms with Gasteiger partial charge in [-0.15, -0.1) is 0 Å². The first-order chi connectivity index (χ1) is 14.3. The minimum Gasteiger partial charge on any atom is -0.340 e. The van der Waals surface area contributed by atoms with Crippen molar-refractivity contribution in [2.24, 2.45) is 5.92 Å². The Labute approximate surface area is 173 Å². The van der Waals surface area contributed by atoms with Gasteiger partial charge in [0, 0.05) is 38.2 Å². The zero-order chi connectivity index (χ0) is 21.5. The summed E-state index contributed by atoms with van der Waals surface area (Å²) in [5, 5.41) is 11.2. The van der Waals surface area contributed by atoms with Gasteiger partial charge in [-0.25, -0.2) is 12.8 Å². The van der Waals surface area contributed by atoms with Crippen molar-refractivity contribution in [3.05, 3.63) is 70.0 Å². The molecule has 0 aromatic heterocycles. The number of carbonyl (C=O) groups excluding carboxylic acids is 1. The molecule has 1 saturated carbocycles. The Bertz CT molecular complexity index is 1100. The highest BCUT2D eigenvalue weighted by Gasteiger charge is 2.47. The van der Waals surface area contributed by atoms with E-state index in [4.69, 9.17) is 0 Å². The quantitative estimate of drug-likeness (QED) is 0.532. The summed E-state index contributed by atoms with van der Waals surface area (Å²) in [6.07, 6.45) is 0.578. The Morgan fingerprint density at radius 2 is 1.67 bits per heavy atom. The molecular weight excluding hydrogens is 413 g/mol. The molecule has 1 aliphatic carbocycles. The lowest BCUT2D eigenvalue weighted by molar-refractivity contribution is -0.387. The molecule has 2 unspecified atom stereocenters. The van der Waals surface area contributed by atoms with E-state index in [1.807, 2.05) is 0 Å². The molecule has 2 atom stereocenters. The van der Waals surface area contributed by atoms with Crippen LogP contribution in [0.25, 0.3) is 0 Å². The van der Waals surface area contributed by atoms with Crippen LogP contribution in [-0.4, -0.2) is 54.6 Å². The van der Waals surface area contributed by atoms with E-state index in [-0.39, 0.29) is 54.6 Å². The lowest BCUT2D eigenvalue weighted by Gasteiger charge is -2.34. The van der Waals surface area contributed by atoms with Crippen LogP contribution in [0.1, 0.15) is 17.9 Å². The van der Waals surface area contributed by atoms with Crippen molar-refractivity contribution >= 4 is 21.6 Å². The minimum atomic E-state index is -4.05. The number of amides is 1. The van der Waals surface area contributed by atoms with Gasteiger partial charge in [0.25, 0.3) is 5.69 Å². The topological polar surface area (TPSA) is 101 Å². The van der Waals surface area contributed by atoms with Crippen LogP contribution in [-0.2, 0) is 14.8 Å². The number of benzene rings is 2. The van der Waals surface area contributed by atoms with E-state index in [1.54, 1.807) is 23.1 Å². The second-order valence-electron chi connectivity index (χ2n) is 7.42. The van der Waals surface area contributed by atoms with Crippen molar-refractivity contribution in [1.82, 2.24) is 9.21 Å². The normalized spacial score (nSPS) is 22.0. The van der Waals surface area contributed by atoms with Crippen LogP contribution in [0.4, 0.5) is 10.1 Å². The van der Waals surface area contributed by atoms with E-state index in [0.717, 1.165) is 6.07 Å². The zero-order valence-electron chi connectivity index (χ0n) is 16.0. The Kier molecular flexibility index (Phi) is 5.29. The number of rotatable bonds is 5. The zero-order valence-corrected chi connectivity index (χ0v) is 16.8. The summed E-state index contributed by atoms with van der Waals surface area (Å²) in [5.74, 6) is -0.864. The van der Waals surface area contributed by atoms with Gasteiger partial charge in [-0.05, 0) is 30.0 Å². The highest BCUT2D eigenvalue weighted by molar-refractivity contribution is 7.89. The number of halogens is 1. The fourth-order valence-corrected chi connectivity index (χ4v) is 5.52. The van der Waals surface area contributed by atoms with Crippen molar-refractivity contribution in [3.63, 3.8) is 0 Å². The second kappa shape index (κ2) is 7.77. The van der Waals surface area contributed by atoms with E-state index >= 15 is 0 Å². The van der Waals surface area contributed by atoms with Gasteiger partial charge in [0.15, 0.2) is 4.90 Å². The number of piperazine rings is 1. The molecule has 30 heavy (non-hydrogen) atoms. The monoisotopic (exact) mass is 433 g/mol. The van der Waals surface area contributed by atoms with Crippen molar-refractivity contribution in [2.75, 3.05) is 26.2 Å². The molecule has 4 rings (SSSR count). The number of carbonyl (C=O) groups is 1. The van der Waals surface area contributed by atoms with Gasteiger partial charge in [0.1, 0.15) is 5.82 Å². The SMILES string of the molecule is O=C(C1CC1c1ccccc1F)N1CCN(S(=O)(=O)c2ccccc2[N+](=O)[O-])CC1. The van der Waals surface area contributed by atoms with Crippen LogP contribution in [0.2, 0.25) is 0 Å². The molecule has 1 heterocycles. The van der Waals surface area contributed by atoms with Crippen LogP contribution in [0.15, 0.2) is 53.4 Å². The molecule has 8 nitrogen and oxygen atoms in total. The number of nitro groups is 1. The number of hydrogen-bond donors (Lipinski definition) is 0. The average Bonchev–Trinajstić information content (AvgIpc) is 3.54. The van der Waals surface area contributed by atoms with Crippen LogP contribution in [0.5, 0.6) is 0 Å². The highest BCUT2D eigenvalue weighted by atomic mass is 32.2. The Morgan fingerprint density at radius 3 is 2.33 bits per heavy atom. The summed E-state index contributed by atoms with van der Waals surface area (Å²) >= 11 is 0. The summed E-state index contributed by atoms with van der Waals surface area (Å²) in [7, 11) is -4.05. The van der Waals surface area contributed by atoms with Crippen molar-refractivity contribution in [3.8, 4) is 0 Å². The van der Waals surface area contributed by atoms with Gasteiger partial charge in [0.05, 0.1) is 4.92 Å². The first-order valence-electron chi connectivity index (χ1n) is 9.57. The fraction of sp³-hybridized carbons (Fsp3) is 0.350. The van der Waals surface area contributed by atoms with Crippen molar-refractivity contribution in [2.45, 2.75) is 17.2 Å². The molecule has 0 radical (unpaired) electrons. The first kappa shape index (κ1) is 20.4. The van der Waals surface area contributed by atoms with Gasteiger partial charge in [-0.1, -0.05) is 30.3 Å². The van der Waals surface area contributed by atoms with Crippen LogP contribution >= 0.6 is 0 Å². The van der Waals surface area contributed by atoms with Gasteiger partial charge >= 0.3 is 0 Å². The van der Waals surface area contributed by atoms with E-state index in [0.29, 0.717) is 12.0 Å². The maximum atomic E-state index is 13.9. The Hall–Kier alpha value is -2.85. The molecule has 0 spiro atoms. The molecule has 0 bridgehead atoms. The van der Waals surface area contributed by atoms with E-state index < -0.39 is 20.6 Å². The standard InChI is InChI=1S/C20H20FN3O5S/c21-17-6-2-1-5-14(17)15-13-16(15)20(25)22-9-11-23(12-10-22)30(28,29)19-8-4-3-7-18(19)24(26)27/h1-8,15-16H,9-13H2. The first-order valence-corrected chi connectivity index (χ1v) is 11.0. The molecule has 1 amide bonds. The third kappa shape index (κ3) is 3.68. The molecule has 158 valence electrons. The van der Waals surface area contributed by atoms with E-state index in [1.165, 1.54) is 28.6 Å². The number of hydrogen-bond acceptors (Lipinski definition) is 5. The lowest BCUT2D eigenvalue weighted by Crippen LogP contribution is -2.51. The van der Waals surface area contributed by atoms with Crippen LogP contribution in [0, 0.1) is 21.8 Å². The fourth-order valence-electron chi connectivity index (χ4n) is 3.94. The van der Waals surface area contributed by atoms with Gasteiger partial charge in [0.2, 0.25) is 15.9 Å². The van der Waals surface area contributed by atoms with Crippen LogP contribution in [0.3, 0.4) is 0 Å². The van der Waals surface area contributed by atoms with Crippen molar-refractivity contribution in [1.29, 1.82) is 0 Å². The number of para-hydroxylation sites is 1. The molecular formula is C20H20FN3O5S. The predicted octanol–water partition coefficient (Wildman–Crippen LogP) is 2.37. The number of sulfonamides is 1. The summed E-state index contributed by atoms with van der Waals surface area (Å²) < 4.78 is 40.9. The van der Waals surface area contributed by atoms with E-state index in [9.17, 15) is 27.7 Å². The van der Waals surface area contributed by atoms with Gasteiger partial charge in [-0.3, -0.25) is 14.9 Å². The molecule has 0 N–H and O–H groups in total. The lowest BCUT2D eigenvalue weighted by atomic mass is 10.1. The van der Waals surface area contributed by atoms with Crippen LogP contribution < -0.4 is 0 Å². The maximum absolute atomic E-state index is 13.9. The summed E-state index contributed by atoms with van der Waals surface area (Å²) in [4.78, 5) is 24.5. The summed E-state index contributed by atoms with van der Waals surface area (Å²) in [6.45, 7) is 0.493. The smallest absolute Gasteiger partial charge is 0.289 e. The second-order valence-corrected chi connectivity index (χ2v) is 9.33. The Morgan fingerprint density at radius 1 is 1.03 bits per heavy atom. The molecule has 1 saturated heterocycles. The molecule has 2 aliphatic rings. The minimum absolute atomic E-state index is 0.0528. The summed E-state index contributed by atoms with van der Waals surface area (Å²) in [6, 6.07) is 11.6. The maximum Gasteiger partial charge on any atom is 0.289 e. The molecule has 10 heteroatoms. The summed E-state index contributed by atoms with van der Waals surface area (Å²) in [5.41, 5.74) is 0.0650. The molecule has 2 fully saturated rings. The highest BCUT2D eigenvalue weighted by Crippen LogP contribution is 2.49. The number of nitro benzene ring substituents is 1. The average molecular weight is 433 g/mol.